The summed E-state index contributed by atoms with van der Waals surface area (Å²) in [5, 5.41) is 0. The molecule has 108 valence electrons. The highest BCUT2D eigenvalue weighted by Gasteiger charge is 2.34. The highest BCUT2D eigenvalue weighted by atomic mass is 16.2. The molecule has 1 aromatic carbocycles. The van der Waals surface area contributed by atoms with Crippen LogP contribution in [0.2, 0.25) is 0 Å². The first-order valence-corrected chi connectivity index (χ1v) is 7.21. The van der Waals surface area contributed by atoms with Gasteiger partial charge in [-0.25, -0.2) is 0 Å². The summed E-state index contributed by atoms with van der Waals surface area (Å²) in [7, 11) is 4.14. The first-order chi connectivity index (χ1) is 9.61. The van der Waals surface area contributed by atoms with Crippen LogP contribution in [0.4, 0.5) is 0 Å². The zero-order chi connectivity index (χ0) is 14.5. The average molecular weight is 274 g/mol. The van der Waals surface area contributed by atoms with Crippen LogP contribution in [0.3, 0.4) is 0 Å². The lowest BCUT2D eigenvalue weighted by Gasteiger charge is -2.13. The Morgan fingerprint density at radius 2 is 1.45 bits per heavy atom. The summed E-state index contributed by atoms with van der Waals surface area (Å²) >= 11 is 0. The third kappa shape index (κ3) is 3.25. The molecule has 0 aromatic heterocycles. The van der Waals surface area contributed by atoms with Crippen molar-refractivity contribution in [2.24, 2.45) is 0 Å². The van der Waals surface area contributed by atoms with E-state index in [-0.39, 0.29) is 11.8 Å². The zero-order valence-electron chi connectivity index (χ0n) is 12.3. The van der Waals surface area contributed by atoms with E-state index in [0.29, 0.717) is 17.7 Å². The van der Waals surface area contributed by atoms with Gasteiger partial charge in [-0.05, 0) is 45.6 Å². The summed E-state index contributed by atoms with van der Waals surface area (Å²) < 4.78 is 0. The summed E-state index contributed by atoms with van der Waals surface area (Å²) in [4.78, 5) is 27.8. The molecular weight excluding hydrogens is 252 g/mol. The Morgan fingerprint density at radius 1 is 0.900 bits per heavy atom. The zero-order valence-corrected chi connectivity index (χ0v) is 12.3. The van der Waals surface area contributed by atoms with Gasteiger partial charge in [0.1, 0.15) is 0 Å². The molecule has 20 heavy (non-hydrogen) atoms. The third-order valence-electron chi connectivity index (χ3n) is 3.62. The van der Waals surface area contributed by atoms with Gasteiger partial charge in [0.25, 0.3) is 11.8 Å². The van der Waals surface area contributed by atoms with Crippen LogP contribution in [0, 0.1) is 0 Å². The summed E-state index contributed by atoms with van der Waals surface area (Å²) in [6, 6.07) is 7.06. The Hall–Kier alpha value is -1.68. The largest absolute Gasteiger partial charge is 0.309 e. The number of rotatable bonds is 7. The quantitative estimate of drug-likeness (QED) is 0.566. The Bertz CT molecular complexity index is 462. The van der Waals surface area contributed by atoms with E-state index in [0.717, 1.165) is 32.2 Å². The standard InChI is InChI=1S/C16H22N2O2/c1-17(2)11-7-3-4-8-12-18-15(19)13-9-5-6-10-14(13)16(18)20/h5-6,9-10H,3-4,7-8,11-12H2,1-2H3. The van der Waals surface area contributed by atoms with E-state index in [1.165, 1.54) is 4.90 Å². The molecule has 0 unspecified atom stereocenters. The van der Waals surface area contributed by atoms with Crippen molar-refractivity contribution in [1.82, 2.24) is 9.80 Å². The van der Waals surface area contributed by atoms with Crippen LogP contribution in [0.25, 0.3) is 0 Å². The fourth-order valence-corrected chi connectivity index (χ4v) is 2.49. The predicted octanol–water partition coefficient (Wildman–Crippen LogP) is 2.40. The highest BCUT2D eigenvalue weighted by molar-refractivity contribution is 6.21. The van der Waals surface area contributed by atoms with Crippen LogP contribution in [-0.4, -0.2) is 48.8 Å². The van der Waals surface area contributed by atoms with E-state index in [2.05, 4.69) is 19.0 Å². The number of hydrogen-bond donors (Lipinski definition) is 0. The van der Waals surface area contributed by atoms with Gasteiger partial charge in [0.2, 0.25) is 0 Å². The van der Waals surface area contributed by atoms with Crippen LogP contribution in [0.15, 0.2) is 24.3 Å². The molecule has 0 saturated carbocycles. The number of imide groups is 1. The molecular formula is C16H22N2O2. The smallest absolute Gasteiger partial charge is 0.261 e. The molecule has 0 atom stereocenters. The lowest BCUT2D eigenvalue weighted by molar-refractivity contribution is 0.0651. The summed E-state index contributed by atoms with van der Waals surface area (Å²) in [5.41, 5.74) is 1.09. The summed E-state index contributed by atoms with van der Waals surface area (Å²) in [6.07, 6.45) is 4.25. The number of unbranched alkanes of at least 4 members (excludes halogenated alkanes) is 3. The van der Waals surface area contributed by atoms with Crippen molar-refractivity contribution in [2.45, 2.75) is 25.7 Å². The van der Waals surface area contributed by atoms with Crippen molar-refractivity contribution in [1.29, 1.82) is 0 Å². The maximum Gasteiger partial charge on any atom is 0.261 e. The van der Waals surface area contributed by atoms with E-state index in [1.54, 1.807) is 24.3 Å². The van der Waals surface area contributed by atoms with Gasteiger partial charge in [-0.3, -0.25) is 14.5 Å². The van der Waals surface area contributed by atoms with Gasteiger partial charge in [0, 0.05) is 6.54 Å². The van der Waals surface area contributed by atoms with Crippen LogP contribution in [-0.2, 0) is 0 Å². The SMILES string of the molecule is CN(C)CCCCCCN1C(=O)c2ccccc2C1=O. The Kier molecular flexibility index (Phi) is 4.90. The number of benzene rings is 1. The maximum absolute atomic E-state index is 12.1. The van der Waals surface area contributed by atoms with E-state index in [9.17, 15) is 9.59 Å². The monoisotopic (exact) mass is 274 g/mol. The van der Waals surface area contributed by atoms with Gasteiger partial charge in [0.05, 0.1) is 11.1 Å². The van der Waals surface area contributed by atoms with Crippen molar-refractivity contribution >= 4 is 11.8 Å². The van der Waals surface area contributed by atoms with Gasteiger partial charge in [-0.2, -0.15) is 0 Å². The number of amides is 2. The van der Waals surface area contributed by atoms with Crippen LogP contribution in [0.1, 0.15) is 46.4 Å². The second kappa shape index (κ2) is 6.66. The Labute approximate surface area is 120 Å². The first kappa shape index (κ1) is 14.7. The first-order valence-electron chi connectivity index (χ1n) is 7.21. The van der Waals surface area contributed by atoms with E-state index in [4.69, 9.17) is 0 Å². The Balaban J connectivity index is 1.78. The molecule has 2 rings (SSSR count). The van der Waals surface area contributed by atoms with Crippen molar-refractivity contribution in [2.75, 3.05) is 27.2 Å². The van der Waals surface area contributed by atoms with Crippen molar-refractivity contribution < 1.29 is 9.59 Å². The van der Waals surface area contributed by atoms with E-state index >= 15 is 0 Å². The van der Waals surface area contributed by atoms with Crippen molar-refractivity contribution in [3.8, 4) is 0 Å². The van der Waals surface area contributed by atoms with Gasteiger partial charge in [-0.15, -0.1) is 0 Å². The minimum atomic E-state index is -0.140. The number of fused-ring (bicyclic) bond motifs is 1. The molecule has 0 fully saturated rings. The molecule has 1 aromatic rings. The lowest BCUT2D eigenvalue weighted by atomic mass is 10.1. The van der Waals surface area contributed by atoms with Crippen molar-refractivity contribution in [3.63, 3.8) is 0 Å². The number of nitrogens with zero attached hydrogens (tertiary/aromatic N) is 2. The van der Waals surface area contributed by atoms with Gasteiger partial charge in [-0.1, -0.05) is 25.0 Å². The predicted molar refractivity (Wildman–Crippen MR) is 78.8 cm³/mol. The van der Waals surface area contributed by atoms with Gasteiger partial charge < -0.3 is 4.90 Å². The number of carbonyl (C=O) groups is 2. The average Bonchev–Trinajstić information content (AvgIpc) is 2.67. The maximum atomic E-state index is 12.1. The minimum Gasteiger partial charge on any atom is -0.309 e. The third-order valence-corrected chi connectivity index (χ3v) is 3.62. The van der Waals surface area contributed by atoms with Crippen molar-refractivity contribution in [3.05, 3.63) is 35.4 Å². The topological polar surface area (TPSA) is 40.6 Å². The van der Waals surface area contributed by atoms with Gasteiger partial charge in [0.15, 0.2) is 0 Å². The molecule has 1 heterocycles. The normalized spacial score (nSPS) is 14.2. The van der Waals surface area contributed by atoms with E-state index in [1.807, 2.05) is 0 Å². The minimum absolute atomic E-state index is 0.140. The molecule has 0 saturated heterocycles. The van der Waals surface area contributed by atoms with Gasteiger partial charge >= 0.3 is 0 Å². The number of hydrogen-bond acceptors (Lipinski definition) is 3. The molecule has 1 aliphatic rings. The molecule has 0 spiro atoms. The molecule has 0 aliphatic carbocycles. The Morgan fingerprint density at radius 3 is 2.00 bits per heavy atom. The second-order valence-corrected chi connectivity index (χ2v) is 5.53. The van der Waals surface area contributed by atoms with E-state index < -0.39 is 0 Å². The fourth-order valence-electron chi connectivity index (χ4n) is 2.49. The van der Waals surface area contributed by atoms with Crippen LogP contribution >= 0.6 is 0 Å². The molecule has 1 aliphatic heterocycles. The second-order valence-electron chi connectivity index (χ2n) is 5.53. The highest BCUT2D eigenvalue weighted by Crippen LogP contribution is 2.22. The lowest BCUT2D eigenvalue weighted by Crippen LogP contribution is -2.30. The van der Waals surface area contributed by atoms with Crippen LogP contribution in [0.5, 0.6) is 0 Å². The number of carbonyl (C=O) groups excluding carboxylic acids is 2. The molecule has 0 N–H and O–H groups in total. The molecule has 0 bridgehead atoms. The molecule has 0 radical (unpaired) electrons. The molecule has 4 nitrogen and oxygen atoms in total. The summed E-state index contributed by atoms with van der Waals surface area (Å²) in [5.74, 6) is -0.280. The fraction of sp³-hybridized carbons (Fsp3) is 0.500. The molecule has 2 amide bonds. The van der Waals surface area contributed by atoms with Crippen LogP contribution < -0.4 is 0 Å². The molecule has 4 heteroatoms. The summed E-state index contributed by atoms with van der Waals surface area (Å²) in [6.45, 7) is 1.63.